The highest BCUT2D eigenvalue weighted by Crippen LogP contribution is 2.28. The number of thioether (sulfide) groups is 1. The number of carbonyl (C=O) groups excluding carboxylic acids is 2. The van der Waals surface area contributed by atoms with Crippen molar-refractivity contribution in [3.63, 3.8) is 0 Å². The number of nitrogens with one attached hydrogen (secondary N) is 1. The van der Waals surface area contributed by atoms with Crippen LogP contribution in [0.2, 0.25) is 0 Å². The number of aryl methyl sites for hydroxylation is 3. The van der Waals surface area contributed by atoms with Crippen LogP contribution in [0.1, 0.15) is 28.2 Å². The summed E-state index contributed by atoms with van der Waals surface area (Å²) in [4.78, 5) is 34.8. The SMILES string of the molecule is CSc1ccc(C(=O)OCC(=O)NCCCn2nc(C)cc2C)cc1[N+](=O)[O-]. The number of ether oxygens (including phenoxy) is 1. The fourth-order valence-corrected chi connectivity index (χ4v) is 3.13. The van der Waals surface area contributed by atoms with E-state index in [0.717, 1.165) is 17.5 Å². The Morgan fingerprint density at radius 1 is 1.32 bits per heavy atom. The Hall–Kier alpha value is -2.88. The fraction of sp³-hybridized carbons (Fsp3) is 0.389. The second-order valence-corrected chi connectivity index (χ2v) is 6.92. The number of esters is 1. The van der Waals surface area contributed by atoms with E-state index < -0.39 is 23.4 Å². The molecule has 0 radical (unpaired) electrons. The summed E-state index contributed by atoms with van der Waals surface area (Å²) in [7, 11) is 0. The average molecular weight is 406 g/mol. The molecule has 0 spiro atoms. The van der Waals surface area contributed by atoms with Crippen LogP contribution >= 0.6 is 11.8 Å². The van der Waals surface area contributed by atoms with Crippen LogP contribution in [-0.4, -0.2) is 46.0 Å². The smallest absolute Gasteiger partial charge is 0.338 e. The van der Waals surface area contributed by atoms with Crippen LogP contribution in [0.5, 0.6) is 0 Å². The maximum absolute atomic E-state index is 12.0. The van der Waals surface area contributed by atoms with E-state index in [0.29, 0.717) is 24.4 Å². The summed E-state index contributed by atoms with van der Waals surface area (Å²) in [5.41, 5.74) is 1.86. The molecule has 0 aliphatic carbocycles. The average Bonchev–Trinajstić information content (AvgIpc) is 2.99. The molecule has 0 bridgehead atoms. The molecule has 0 unspecified atom stereocenters. The monoisotopic (exact) mass is 406 g/mol. The topological polar surface area (TPSA) is 116 Å². The molecule has 1 amide bonds. The number of benzene rings is 1. The quantitative estimate of drug-likeness (QED) is 0.224. The van der Waals surface area contributed by atoms with E-state index in [4.69, 9.17) is 4.74 Å². The Balaban J connectivity index is 1.77. The summed E-state index contributed by atoms with van der Waals surface area (Å²) in [5.74, 6) is -1.22. The lowest BCUT2D eigenvalue weighted by Gasteiger charge is -2.08. The van der Waals surface area contributed by atoms with Crippen LogP contribution in [0.3, 0.4) is 0 Å². The van der Waals surface area contributed by atoms with E-state index in [1.54, 1.807) is 6.26 Å². The number of rotatable bonds is 9. The molecular formula is C18H22N4O5S. The second-order valence-electron chi connectivity index (χ2n) is 6.07. The molecular weight excluding hydrogens is 384 g/mol. The standard InChI is InChI=1S/C18H22N4O5S/c1-12-9-13(2)21(20-12)8-4-7-19-17(23)11-27-18(24)14-5-6-16(28-3)15(10-14)22(25)26/h5-6,9-10H,4,7-8,11H2,1-3H3,(H,19,23). The number of nitro groups is 1. The molecule has 0 fully saturated rings. The molecule has 0 saturated carbocycles. The predicted molar refractivity (Wildman–Crippen MR) is 104 cm³/mol. The van der Waals surface area contributed by atoms with Crippen LogP contribution in [0, 0.1) is 24.0 Å². The van der Waals surface area contributed by atoms with Crippen LogP contribution in [-0.2, 0) is 16.1 Å². The van der Waals surface area contributed by atoms with E-state index in [1.165, 1.54) is 23.9 Å². The van der Waals surface area contributed by atoms with Gasteiger partial charge in [-0.2, -0.15) is 5.10 Å². The molecule has 28 heavy (non-hydrogen) atoms. The van der Waals surface area contributed by atoms with Crippen molar-refractivity contribution in [3.05, 3.63) is 51.3 Å². The molecule has 1 heterocycles. The molecule has 9 nitrogen and oxygen atoms in total. The van der Waals surface area contributed by atoms with Gasteiger partial charge in [0.25, 0.3) is 11.6 Å². The summed E-state index contributed by atoms with van der Waals surface area (Å²) >= 11 is 1.21. The Labute approximate surface area is 166 Å². The van der Waals surface area contributed by atoms with Crippen molar-refractivity contribution in [2.75, 3.05) is 19.4 Å². The van der Waals surface area contributed by atoms with Crippen molar-refractivity contribution < 1.29 is 19.2 Å². The van der Waals surface area contributed by atoms with Crippen LogP contribution < -0.4 is 5.32 Å². The summed E-state index contributed by atoms with van der Waals surface area (Å²) < 4.78 is 6.81. The van der Waals surface area contributed by atoms with Gasteiger partial charge in [-0.15, -0.1) is 11.8 Å². The van der Waals surface area contributed by atoms with Crippen molar-refractivity contribution in [1.82, 2.24) is 15.1 Å². The first-order valence-electron chi connectivity index (χ1n) is 8.59. The van der Waals surface area contributed by atoms with Crippen molar-refractivity contribution in [2.24, 2.45) is 0 Å². The third kappa shape index (κ3) is 5.81. The molecule has 10 heteroatoms. The number of hydrogen-bond donors (Lipinski definition) is 1. The molecule has 2 rings (SSSR count). The van der Waals surface area contributed by atoms with Crippen molar-refractivity contribution in [3.8, 4) is 0 Å². The van der Waals surface area contributed by atoms with Gasteiger partial charge in [-0.05, 0) is 44.7 Å². The first-order valence-corrected chi connectivity index (χ1v) is 9.81. The molecule has 1 aromatic carbocycles. The van der Waals surface area contributed by atoms with Crippen LogP contribution in [0.25, 0.3) is 0 Å². The molecule has 0 aliphatic heterocycles. The number of nitrogens with zero attached hydrogens (tertiary/aromatic N) is 3. The van der Waals surface area contributed by atoms with E-state index in [9.17, 15) is 19.7 Å². The van der Waals surface area contributed by atoms with E-state index in [-0.39, 0.29) is 11.3 Å². The fourth-order valence-electron chi connectivity index (χ4n) is 2.58. The van der Waals surface area contributed by atoms with Crippen molar-refractivity contribution >= 4 is 29.3 Å². The zero-order valence-corrected chi connectivity index (χ0v) is 16.7. The number of hydrogen-bond acceptors (Lipinski definition) is 7. The van der Waals surface area contributed by atoms with Gasteiger partial charge in [0.1, 0.15) is 0 Å². The molecule has 1 aromatic heterocycles. The van der Waals surface area contributed by atoms with E-state index >= 15 is 0 Å². The number of carbonyl (C=O) groups is 2. The zero-order valence-electron chi connectivity index (χ0n) is 15.9. The highest BCUT2D eigenvalue weighted by Gasteiger charge is 2.18. The second kappa shape index (κ2) is 9.88. The van der Waals surface area contributed by atoms with Gasteiger partial charge in [0.15, 0.2) is 6.61 Å². The maximum atomic E-state index is 12.0. The van der Waals surface area contributed by atoms with Crippen LogP contribution in [0.4, 0.5) is 5.69 Å². The minimum absolute atomic E-state index is 0.0295. The minimum atomic E-state index is -0.784. The van der Waals surface area contributed by atoms with Gasteiger partial charge in [0, 0.05) is 24.8 Å². The number of nitro benzene ring substituents is 1. The van der Waals surface area contributed by atoms with Crippen LogP contribution in [0.15, 0.2) is 29.2 Å². The van der Waals surface area contributed by atoms with E-state index in [1.807, 2.05) is 24.6 Å². The summed E-state index contributed by atoms with van der Waals surface area (Å²) in [5, 5.41) is 18.1. The van der Waals surface area contributed by atoms with Gasteiger partial charge in [-0.3, -0.25) is 19.6 Å². The number of aromatic nitrogens is 2. The van der Waals surface area contributed by atoms with Gasteiger partial charge < -0.3 is 10.1 Å². The first-order chi connectivity index (χ1) is 13.3. The molecule has 0 aliphatic rings. The Morgan fingerprint density at radius 2 is 2.07 bits per heavy atom. The van der Waals surface area contributed by atoms with Gasteiger partial charge >= 0.3 is 5.97 Å². The maximum Gasteiger partial charge on any atom is 0.338 e. The van der Waals surface area contributed by atoms with E-state index in [2.05, 4.69) is 10.4 Å². The lowest BCUT2D eigenvalue weighted by Crippen LogP contribution is -2.30. The molecule has 0 saturated heterocycles. The lowest BCUT2D eigenvalue weighted by molar-refractivity contribution is -0.387. The summed E-state index contributed by atoms with van der Waals surface area (Å²) in [6.45, 7) is 4.53. The Kier molecular flexibility index (Phi) is 7.56. The third-order valence-corrected chi connectivity index (χ3v) is 4.70. The third-order valence-electron chi connectivity index (χ3n) is 3.92. The molecule has 0 atom stereocenters. The Bertz CT molecular complexity index is 881. The lowest BCUT2D eigenvalue weighted by atomic mass is 10.2. The van der Waals surface area contributed by atoms with Gasteiger partial charge in [0.05, 0.1) is 21.1 Å². The normalized spacial score (nSPS) is 10.5. The molecule has 1 N–H and O–H groups in total. The Morgan fingerprint density at radius 3 is 2.68 bits per heavy atom. The zero-order chi connectivity index (χ0) is 20.7. The summed E-state index contributed by atoms with van der Waals surface area (Å²) in [6.07, 6.45) is 2.39. The van der Waals surface area contributed by atoms with Gasteiger partial charge in [-0.25, -0.2) is 4.79 Å². The number of amides is 1. The largest absolute Gasteiger partial charge is 0.452 e. The highest BCUT2D eigenvalue weighted by atomic mass is 32.2. The minimum Gasteiger partial charge on any atom is -0.452 e. The molecule has 150 valence electrons. The van der Waals surface area contributed by atoms with Gasteiger partial charge in [0.2, 0.25) is 0 Å². The predicted octanol–water partition coefficient (Wildman–Crippen LogP) is 2.49. The van der Waals surface area contributed by atoms with Crippen molar-refractivity contribution in [1.29, 1.82) is 0 Å². The van der Waals surface area contributed by atoms with Crippen molar-refractivity contribution in [2.45, 2.75) is 31.7 Å². The summed E-state index contributed by atoms with van der Waals surface area (Å²) in [6, 6.07) is 6.06. The molecule has 2 aromatic rings. The van der Waals surface area contributed by atoms with Gasteiger partial charge in [-0.1, -0.05) is 0 Å². The highest BCUT2D eigenvalue weighted by molar-refractivity contribution is 7.98. The first kappa shape index (κ1) is 21.4.